The number of ether oxygens (including phenoxy) is 1. The predicted molar refractivity (Wildman–Crippen MR) is 57.8 cm³/mol. The third-order valence-corrected chi connectivity index (χ3v) is 2.33. The number of hydrogen-bond acceptors (Lipinski definition) is 3. The van der Waals surface area contributed by atoms with E-state index in [1.54, 1.807) is 7.11 Å². The first-order valence-electron chi connectivity index (χ1n) is 4.74. The van der Waals surface area contributed by atoms with E-state index in [0.717, 1.165) is 18.8 Å². The van der Waals surface area contributed by atoms with Crippen molar-refractivity contribution >= 4 is 11.7 Å². The van der Waals surface area contributed by atoms with Crippen LogP contribution in [0.25, 0.3) is 0 Å². The van der Waals surface area contributed by atoms with Gasteiger partial charge in [0.15, 0.2) is 0 Å². The number of benzene rings is 1. The molecule has 0 saturated carbocycles. The van der Waals surface area contributed by atoms with Gasteiger partial charge in [0.25, 0.3) is 6.02 Å². The summed E-state index contributed by atoms with van der Waals surface area (Å²) < 4.78 is 5.18. The van der Waals surface area contributed by atoms with Crippen LogP contribution in [0.15, 0.2) is 29.3 Å². The van der Waals surface area contributed by atoms with Crippen molar-refractivity contribution in [1.82, 2.24) is 0 Å². The minimum atomic E-state index is 0.717. The Hall–Kier alpha value is -1.51. The zero-order valence-corrected chi connectivity index (χ0v) is 8.53. The normalized spacial score (nSPS) is 15.6. The molecule has 1 aromatic carbocycles. The van der Waals surface area contributed by atoms with E-state index in [-0.39, 0.29) is 0 Å². The number of hydrogen-bond donors (Lipinski definition) is 0. The Balaban J connectivity index is 2.23. The van der Waals surface area contributed by atoms with Crippen LogP contribution in [-0.4, -0.2) is 26.2 Å². The molecule has 0 unspecified atom stereocenters. The van der Waals surface area contributed by atoms with Crippen molar-refractivity contribution in [3.8, 4) is 0 Å². The maximum Gasteiger partial charge on any atom is 0.291 e. The molecule has 0 atom stereocenters. The summed E-state index contributed by atoms with van der Waals surface area (Å²) in [6, 6.07) is 9.10. The summed E-state index contributed by atoms with van der Waals surface area (Å²) in [5, 5.41) is 0. The quantitative estimate of drug-likeness (QED) is 0.674. The smallest absolute Gasteiger partial charge is 0.291 e. The van der Waals surface area contributed by atoms with Crippen LogP contribution in [0.4, 0.5) is 5.69 Å². The van der Waals surface area contributed by atoms with Gasteiger partial charge in [-0.05, 0) is 19.1 Å². The standard InChI is InChI=1S/C11H14N2O/c1-9-3-5-10(6-4-9)13-8-7-12-11(13)14-2/h3-6H,7-8H2,1-2H3. The summed E-state index contributed by atoms with van der Waals surface area (Å²) >= 11 is 0. The lowest BCUT2D eigenvalue weighted by Crippen LogP contribution is -2.28. The van der Waals surface area contributed by atoms with Crippen LogP contribution in [0.2, 0.25) is 0 Å². The van der Waals surface area contributed by atoms with Gasteiger partial charge in [0.05, 0.1) is 13.7 Å². The van der Waals surface area contributed by atoms with Gasteiger partial charge in [0.2, 0.25) is 0 Å². The molecule has 0 N–H and O–H groups in total. The SMILES string of the molecule is COC1=NCCN1c1ccc(C)cc1. The van der Waals surface area contributed by atoms with Crippen molar-refractivity contribution in [2.24, 2.45) is 4.99 Å². The van der Waals surface area contributed by atoms with Gasteiger partial charge in [-0.2, -0.15) is 0 Å². The first-order chi connectivity index (χ1) is 6.81. The molecule has 0 amide bonds. The van der Waals surface area contributed by atoms with Gasteiger partial charge in [-0.25, -0.2) is 4.99 Å². The number of rotatable bonds is 1. The van der Waals surface area contributed by atoms with Gasteiger partial charge in [-0.3, -0.25) is 4.90 Å². The van der Waals surface area contributed by atoms with E-state index >= 15 is 0 Å². The molecule has 3 heteroatoms. The number of nitrogens with zero attached hydrogens (tertiary/aromatic N) is 2. The van der Waals surface area contributed by atoms with Crippen molar-refractivity contribution in [2.45, 2.75) is 6.92 Å². The maximum absolute atomic E-state index is 5.18. The molecule has 2 rings (SSSR count). The summed E-state index contributed by atoms with van der Waals surface area (Å²) in [5.74, 6) is 0. The zero-order valence-electron chi connectivity index (χ0n) is 8.53. The third kappa shape index (κ3) is 1.58. The maximum atomic E-state index is 5.18. The minimum absolute atomic E-state index is 0.717. The van der Waals surface area contributed by atoms with E-state index in [2.05, 4.69) is 41.1 Å². The van der Waals surface area contributed by atoms with E-state index in [4.69, 9.17) is 4.74 Å². The van der Waals surface area contributed by atoms with Crippen LogP contribution in [0, 0.1) is 6.92 Å². The first kappa shape index (κ1) is 9.06. The predicted octanol–water partition coefficient (Wildman–Crippen LogP) is 1.82. The second kappa shape index (κ2) is 3.70. The van der Waals surface area contributed by atoms with E-state index in [0.29, 0.717) is 6.02 Å². The van der Waals surface area contributed by atoms with E-state index in [1.807, 2.05) is 0 Å². The average Bonchev–Trinajstić information content (AvgIpc) is 2.67. The van der Waals surface area contributed by atoms with E-state index in [9.17, 15) is 0 Å². The fourth-order valence-electron chi connectivity index (χ4n) is 1.57. The van der Waals surface area contributed by atoms with E-state index < -0.39 is 0 Å². The van der Waals surface area contributed by atoms with Crippen molar-refractivity contribution in [1.29, 1.82) is 0 Å². The van der Waals surface area contributed by atoms with Gasteiger partial charge in [0.1, 0.15) is 0 Å². The molecule has 0 aromatic heterocycles. The van der Waals surface area contributed by atoms with Gasteiger partial charge in [-0.15, -0.1) is 0 Å². The minimum Gasteiger partial charge on any atom is -0.468 e. The lowest BCUT2D eigenvalue weighted by molar-refractivity contribution is 0.396. The topological polar surface area (TPSA) is 24.8 Å². The van der Waals surface area contributed by atoms with Crippen LogP contribution >= 0.6 is 0 Å². The monoisotopic (exact) mass is 190 g/mol. The Morgan fingerprint density at radius 2 is 2.00 bits per heavy atom. The van der Waals surface area contributed by atoms with Gasteiger partial charge >= 0.3 is 0 Å². The highest BCUT2D eigenvalue weighted by molar-refractivity contribution is 5.93. The van der Waals surface area contributed by atoms with Gasteiger partial charge in [0, 0.05) is 12.2 Å². The molecule has 0 bridgehead atoms. The second-order valence-corrected chi connectivity index (χ2v) is 3.36. The molecule has 1 heterocycles. The van der Waals surface area contributed by atoms with Crippen LogP contribution in [-0.2, 0) is 4.74 Å². The molecule has 1 aromatic rings. The molecule has 0 spiro atoms. The Labute approximate surface area is 84.0 Å². The van der Waals surface area contributed by atoms with Crippen molar-refractivity contribution < 1.29 is 4.74 Å². The number of aryl methyl sites for hydroxylation is 1. The molecule has 74 valence electrons. The largest absolute Gasteiger partial charge is 0.468 e. The van der Waals surface area contributed by atoms with Gasteiger partial charge in [-0.1, -0.05) is 17.7 Å². The lowest BCUT2D eigenvalue weighted by atomic mass is 10.2. The third-order valence-electron chi connectivity index (χ3n) is 2.33. The molecule has 1 aliphatic heterocycles. The highest BCUT2D eigenvalue weighted by Gasteiger charge is 2.18. The number of aliphatic imine (C=N–C) groups is 1. The highest BCUT2D eigenvalue weighted by atomic mass is 16.5. The first-order valence-corrected chi connectivity index (χ1v) is 4.74. The molecular formula is C11H14N2O. The molecular weight excluding hydrogens is 176 g/mol. The fraction of sp³-hybridized carbons (Fsp3) is 0.364. The van der Waals surface area contributed by atoms with Crippen LogP contribution in [0.1, 0.15) is 5.56 Å². The van der Waals surface area contributed by atoms with Crippen LogP contribution in [0.3, 0.4) is 0 Å². The summed E-state index contributed by atoms with van der Waals surface area (Å²) in [6.07, 6.45) is 0. The summed E-state index contributed by atoms with van der Waals surface area (Å²) in [4.78, 5) is 6.34. The summed E-state index contributed by atoms with van der Waals surface area (Å²) in [5.41, 5.74) is 2.41. The Morgan fingerprint density at radius 1 is 1.29 bits per heavy atom. The Morgan fingerprint density at radius 3 is 2.64 bits per heavy atom. The number of anilines is 1. The zero-order chi connectivity index (χ0) is 9.97. The Bertz CT molecular complexity index is 343. The van der Waals surface area contributed by atoms with Gasteiger partial charge < -0.3 is 4.74 Å². The van der Waals surface area contributed by atoms with Crippen molar-refractivity contribution in [3.05, 3.63) is 29.8 Å². The molecule has 14 heavy (non-hydrogen) atoms. The number of amidine groups is 1. The number of methoxy groups -OCH3 is 1. The fourth-order valence-corrected chi connectivity index (χ4v) is 1.57. The molecule has 0 saturated heterocycles. The van der Waals surface area contributed by atoms with Crippen molar-refractivity contribution in [2.75, 3.05) is 25.1 Å². The van der Waals surface area contributed by atoms with Crippen LogP contribution < -0.4 is 4.90 Å². The molecule has 0 fully saturated rings. The molecule has 0 aliphatic carbocycles. The molecule has 0 radical (unpaired) electrons. The van der Waals surface area contributed by atoms with Crippen LogP contribution in [0.5, 0.6) is 0 Å². The summed E-state index contributed by atoms with van der Waals surface area (Å²) in [6.45, 7) is 3.81. The molecule has 3 nitrogen and oxygen atoms in total. The Kier molecular flexibility index (Phi) is 2.39. The lowest BCUT2D eigenvalue weighted by Gasteiger charge is -2.18. The summed E-state index contributed by atoms with van der Waals surface area (Å²) in [7, 11) is 1.66. The average molecular weight is 190 g/mol. The highest BCUT2D eigenvalue weighted by Crippen LogP contribution is 2.18. The second-order valence-electron chi connectivity index (χ2n) is 3.36. The van der Waals surface area contributed by atoms with E-state index in [1.165, 1.54) is 5.56 Å². The van der Waals surface area contributed by atoms with Crippen molar-refractivity contribution in [3.63, 3.8) is 0 Å². The molecule has 1 aliphatic rings.